The number of carbonyl (C=O) groups excluding carboxylic acids is 1. The number of nitrogens with one attached hydrogen (secondary N) is 1. The van der Waals surface area contributed by atoms with Crippen molar-refractivity contribution in [1.82, 2.24) is 15.1 Å². The molecule has 0 unspecified atom stereocenters. The summed E-state index contributed by atoms with van der Waals surface area (Å²) < 4.78 is 7.19. The van der Waals surface area contributed by atoms with Gasteiger partial charge >= 0.3 is 0 Å². The highest BCUT2D eigenvalue weighted by molar-refractivity contribution is 5.93. The van der Waals surface area contributed by atoms with Crippen molar-refractivity contribution in [1.29, 1.82) is 0 Å². The molecule has 0 aliphatic rings. The molecule has 1 amide bonds. The number of benzene rings is 1. The molecule has 106 valence electrons. The van der Waals surface area contributed by atoms with Crippen LogP contribution in [-0.2, 0) is 7.05 Å². The molecular weight excluding hydrogens is 254 g/mol. The van der Waals surface area contributed by atoms with E-state index in [-0.39, 0.29) is 5.91 Å². The topological polar surface area (TPSA) is 56.2 Å². The minimum absolute atomic E-state index is 0.0814. The van der Waals surface area contributed by atoms with E-state index < -0.39 is 0 Å². The second-order valence-corrected chi connectivity index (χ2v) is 4.53. The summed E-state index contributed by atoms with van der Waals surface area (Å²) in [6.07, 6.45) is 5.06. The summed E-state index contributed by atoms with van der Waals surface area (Å²) in [5, 5.41) is 6.83. The molecule has 0 aliphatic heterocycles. The van der Waals surface area contributed by atoms with E-state index in [1.165, 1.54) is 0 Å². The maximum Gasteiger partial charge on any atom is 0.254 e. The van der Waals surface area contributed by atoms with Crippen molar-refractivity contribution in [2.45, 2.75) is 12.8 Å². The van der Waals surface area contributed by atoms with Crippen molar-refractivity contribution in [3.8, 4) is 5.75 Å². The molecule has 1 N–H and O–H groups in total. The Morgan fingerprint density at radius 3 is 2.80 bits per heavy atom. The Balaban J connectivity index is 1.57. The summed E-state index contributed by atoms with van der Waals surface area (Å²) in [6.45, 7) is 1.30. The SMILES string of the molecule is Cn1cc(C(=O)NCCCCOc2ccccc2)cn1. The molecule has 2 rings (SSSR count). The number of nitrogens with zero attached hydrogens (tertiary/aromatic N) is 2. The van der Waals surface area contributed by atoms with Crippen LogP contribution in [0.5, 0.6) is 5.75 Å². The first kappa shape index (κ1) is 14.1. The van der Waals surface area contributed by atoms with Crippen LogP contribution in [0.15, 0.2) is 42.7 Å². The van der Waals surface area contributed by atoms with Crippen LogP contribution in [0.3, 0.4) is 0 Å². The van der Waals surface area contributed by atoms with Gasteiger partial charge in [0.1, 0.15) is 5.75 Å². The van der Waals surface area contributed by atoms with E-state index >= 15 is 0 Å². The number of hydrogen-bond acceptors (Lipinski definition) is 3. The highest BCUT2D eigenvalue weighted by atomic mass is 16.5. The first-order chi connectivity index (χ1) is 9.75. The van der Waals surface area contributed by atoms with Crippen LogP contribution in [0, 0.1) is 0 Å². The molecule has 0 bridgehead atoms. The summed E-state index contributed by atoms with van der Waals surface area (Å²) in [6, 6.07) is 9.72. The van der Waals surface area contributed by atoms with Crippen LogP contribution in [0.25, 0.3) is 0 Å². The first-order valence-electron chi connectivity index (χ1n) is 6.70. The lowest BCUT2D eigenvalue weighted by atomic mass is 10.3. The third-order valence-electron chi connectivity index (χ3n) is 2.84. The van der Waals surface area contributed by atoms with Gasteiger partial charge < -0.3 is 10.1 Å². The number of aryl methyl sites for hydroxylation is 1. The minimum Gasteiger partial charge on any atom is -0.494 e. The van der Waals surface area contributed by atoms with E-state index in [9.17, 15) is 4.79 Å². The predicted octanol–water partition coefficient (Wildman–Crippen LogP) is 2.01. The summed E-state index contributed by atoms with van der Waals surface area (Å²) in [5.41, 5.74) is 0.591. The Bertz CT molecular complexity index is 537. The fraction of sp³-hybridized carbons (Fsp3) is 0.333. The van der Waals surface area contributed by atoms with Gasteiger partial charge in [0.25, 0.3) is 5.91 Å². The Kier molecular flexibility index (Phi) is 5.17. The molecule has 5 nitrogen and oxygen atoms in total. The number of hydrogen-bond donors (Lipinski definition) is 1. The molecule has 0 spiro atoms. The van der Waals surface area contributed by atoms with Crippen molar-refractivity contribution in [3.05, 3.63) is 48.3 Å². The lowest BCUT2D eigenvalue weighted by Gasteiger charge is -2.06. The summed E-state index contributed by atoms with van der Waals surface area (Å²) in [7, 11) is 1.79. The molecule has 1 heterocycles. The molecule has 0 fully saturated rings. The first-order valence-corrected chi connectivity index (χ1v) is 6.70. The van der Waals surface area contributed by atoms with Crippen molar-refractivity contribution >= 4 is 5.91 Å². The lowest BCUT2D eigenvalue weighted by Crippen LogP contribution is -2.24. The summed E-state index contributed by atoms with van der Waals surface area (Å²) >= 11 is 0. The van der Waals surface area contributed by atoms with Crippen molar-refractivity contribution in [3.63, 3.8) is 0 Å². The van der Waals surface area contributed by atoms with Gasteiger partial charge in [-0.05, 0) is 25.0 Å². The maximum atomic E-state index is 11.7. The van der Waals surface area contributed by atoms with Crippen LogP contribution in [0.2, 0.25) is 0 Å². The van der Waals surface area contributed by atoms with E-state index in [1.807, 2.05) is 30.3 Å². The lowest BCUT2D eigenvalue weighted by molar-refractivity contribution is 0.0952. The molecule has 1 aromatic heterocycles. The molecule has 0 aliphatic carbocycles. The zero-order chi connectivity index (χ0) is 14.2. The Morgan fingerprint density at radius 1 is 1.30 bits per heavy atom. The number of rotatable bonds is 7. The summed E-state index contributed by atoms with van der Waals surface area (Å²) in [4.78, 5) is 11.7. The zero-order valence-corrected chi connectivity index (χ0v) is 11.6. The normalized spacial score (nSPS) is 10.2. The number of carbonyl (C=O) groups is 1. The standard InChI is InChI=1S/C15H19N3O2/c1-18-12-13(11-17-18)15(19)16-9-5-6-10-20-14-7-3-2-4-8-14/h2-4,7-8,11-12H,5-6,9-10H2,1H3,(H,16,19). The third-order valence-corrected chi connectivity index (χ3v) is 2.84. The number of aromatic nitrogens is 2. The molecule has 0 saturated heterocycles. The van der Waals surface area contributed by atoms with Crippen LogP contribution < -0.4 is 10.1 Å². The molecule has 0 radical (unpaired) electrons. The zero-order valence-electron chi connectivity index (χ0n) is 11.6. The Hall–Kier alpha value is -2.30. The Labute approximate surface area is 118 Å². The summed E-state index contributed by atoms with van der Waals surface area (Å²) in [5.74, 6) is 0.800. The largest absolute Gasteiger partial charge is 0.494 e. The monoisotopic (exact) mass is 273 g/mol. The van der Waals surface area contributed by atoms with Gasteiger partial charge in [0.2, 0.25) is 0 Å². The predicted molar refractivity (Wildman–Crippen MR) is 76.7 cm³/mol. The van der Waals surface area contributed by atoms with Crippen molar-refractivity contribution < 1.29 is 9.53 Å². The fourth-order valence-electron chi connectivity index (χ4n) is 1.78. The molecular formula is C15H19N3O2. The Morgan fingerprint density at radius 2 is 2.10 bits per heavy atom. The fourth-order valence-corrected chi connectivity index (χ4v) is 1.78. The van der Waals surface area contributed by atoms with E-state index in [0.717, 1.165) is 18.6 Å². The van der Waals surface area contributed by atoms with Gasteiger partial charge in [0.15, 0.2) is 0 Å². The number of unbranched alkanes of at least 4 members (excludes halogenated alkanes) is 1. The van der Waals surface area contributed by atoms with E-state index in [0.29, 0.717) is 18.7 Å². The molecule has 5 heteroatoms. The molecule has 0 saturated carbocycles. The van der Waals surface area contributed by atoms with Gasteiger partial charge in [-0.3, -0.25) is 9.48 Å². The molecule has 2 aromatic rings. The van der Waals surface area contributed by atoms with E-state index in [4.69, 9.17) is 4.74 Å². The van der Waals surface area contributed by atoms with E-state index in [1.54, 1.807) is 24.1 Å². The maximum absolute atomic E-state index is 11.7. The average molecular weight is 273 g/mol. The van der Waals surface area contributed by atoms with Gasteiger partial charge in [-0.2, -0.15) is 5.10 Å². The van der Waals surface area contributed by atoms with Gasteiger partial charge in [0.05, 0.1) is 18.4 Å². The second-order valence-electron chi connectivity index (χ2n) is 4.53. The quantitative estimate of drug-likeness (QED) is 0.785. The van der Waals surface area contributed by atoms with Crippen molar-refractivity contribution in [2.24, 2.45) is 7.05 Å². The smallest absolute Gasteiger partial charge is 0.254 e. The minimum atomic E-state index is -0.0814. The van der Waals surface area contributed by atoms with Crippen LogP contribution in [0.4, 0.5) is 0 Å². The highest BCUT2D eigenvalue weighted by Gasteiger charge is 2.06. The molecule has 1 aromatic carbocycles. The number of amides is 1. The van der Waals surface area contributed by atoms with Gasteiger partial charge in [-0.25, -0.2) is 0 Å². The van der Waals surface area contributed by atoms with Crippen LogP contribution in [0.1, 0.15) is 23.2 Å². The van der Waals surface area contributed by atoms with Gasteiger partial charge in [-0.1, -0.05) is 18.2 Å². The van der Waals surface area contributed by atoms with Crippen molar-refractivity contribution in [2.75, 3.05) is 13.2 Å². The highest BCUT2D eigenvalue weighted by Crippen LogP contribution is 2.08. The number of ether oxygens (including phenoxy) is 1. The third kappa shape index (κ3) is 4.42. The molecule has 0 atom stereocenters. The van der Waals surface area contributed by atoms with Gasteiger partial charge in [0, 0.05) is 19.8 Å². The number of para-hydroxylation sites is 1. The second kappa shape index (κ2) is 7.33. The van der Waals surface area contributed by atoms with Gasteiger partial charge in [-0.15, -0.1) is 0 Å². The van der Waals surface area contributed by atoms with Crippen LogP contribution >= 0.6 is 0 Å². The molecule has 20 heavy (non-hydrogen) atoms. The van der Waals surface area contributed by atoms with Crippen LogP contribution in [-0.4, -0.2) is 28.8 Å². The van der Waals surface area contributed by atoms with E-state index in [2.05, 4.69) is 10.4 Å². The average Bonchev–Trinajstić information content (AvgIpc) is 2.90.